The van der Waals surface area contributed by atoms with Gasteiger partial charge in [0.25, 0.3) is 5.91 Å². The van der Waals surface area contributed by atoms with Gasteiger partial charge >= 0.3 is 0 Å². The van der Waals surface area contributed by atoms with Crippen molar-refractivity contribution in [1.29, 1.82) is 0 Å². The summed E-state index contributed by atoms with van der Waals surface area (Å²) in [5, 5.41) is 7.99. The van der Waals surface area contributed by atoms with Crippen LogP contribution in [0.2, 0.25) is 5.15 Å². The molecule has 0 spiro atoms. The first-order valence-electron chi connectivity index (χ1n) is 8.72. The van der Waals surface area contributed by atoms with E-state index in [1.165, 1.54) is 5.56 Å². The SMILES string of the molecule is Cc1ccc(Cn2nc(C)c(C(=O)NC3CCN(C)CC3)c2Cl)cc1. The molecule has 3 rings (SSSR count). The van der Waals surface area contributed by atoms with Crippen LogP contribution in [0, 0.1) is 13.8 Å². The Kier molecular flexibility index (Phi) is 5.45. The van der Waals surface area contributed by atoms with Gasteiger partial charge < -0.3 is 10.2 Å². The third-order valence-corrected chi connectivity index (χ3v) is 5.18. The van der Waals surface area contributed by atoms with Gasteiger partial charge in [0.2, 0.25) is 0 Å². The summed E-state index contributed by atoms with van der Waals surface area (Å²) in [5.74, 6) is -0.118. The van der Waals surface area contributed by atoms with Crippen molar-refractivity contribution in [3.05, 3.63) is 51.8 Å². The topological polar surface area (TPSA) is 50.2 Å². The van der Waals surface area contributed by atoms with Gasteiger partial charge in [0, 0.05) is 6.04 Å². The van der Waals surface area contributed by atoms with Gasteiger partial charge in [0.1, 0.15) is 5.15 Å². The first-order chi connectivity index (χ1) is 11.9. The number of carbonyl (C=O) groups is 1. The van der Waals surface area contributed by atoms with Crippen molar-refractivity contribution >= 4 is 17.5 Å². The third kappa shape index (κ3) is 4.22. The molecule has 1 aliphatic heterocycles. The fourth-order valence-electron chi connectivity index (χ4n) is 3.19. The Morgan fingerprint density at radius 2 is 1.88 bits per heavy atom. The van der Waals surface area contributed by atoms with E-state index in [2.05, 4.69) is 53.6 Å². The van der Waals surface area contributed by atoms with E-state index >= 15 is 0 Å². The van der Waals surface area contributed by atoms with Crippen LogP contribution in [-0.2, 0) is 6.54 Å². The molecule has 1 aliphatic rings. The van der Waals surface area contributed by atoms with Gasteiger partial charge in [0.15, 0.2) is 0 Å². The van der Waals surface area contributed by atoms with Crippen molar-refractivity contribution in [2.75, 3.05) is 20.1 Å². The summed E-state index contributed by atoms with van der Waals surface area (Å²) in [6.07, 6.45) is 1.94. The van der Waals surface area contributed by atoms with E-state index in [4.69, 9.17) is 11.6 Å². The largest absolute Gasteiger partial charge is 0.349 e. The number of hydrogen-bond donors (Lipinski definition) is 1. The maximum atomic E-state index is 12.7. The third-order valence-electron chi connectivity index (χ3n) is 4.80. The summed E-state index contributed by atoms with van der Waals surface area (Å²) in [6.45, 7) is 6.46. The Bertz CT molecular complexity index is 746. The molecule has 1 amide bonds. The highest BCUT2D eigenvalue weighted by Gasteiger charge is 2.24. The zero-order valence-corrected chi connectivity index (χ0v) is 15.8. The minimum Gasteiger partial charge on any atom is -0.349 e. The summed E-state index contributed by atoms with van der Waals surface area (Å²) >= 11 is 6.48. The van der Waals surface area contributed by atoms with Gasteiger partial charge in [-0.3, -0.25) is 4.79 Å². The highest BCUT2D eigenvalue weighted by Crippen LogP contribution is 2.22. The number of nitrogens with one attached hydrogen (secondary N) is 1. The molecule has 0 bridgehead atoms. The van der Waals surface area contributed by atoms with E-state index in [9.17, 15) is 4.79 Å². The van der Waals surface area contributed by atoms with E-state index in [1.54, 1.807) is 4.68 Å². The van der Waals surface area contributed by atoms with Crippen molar-refractivity contribution in [1.82, 2.24) is 20.0 Å². The van der Waals surface area contributed by atoms with E-state index < -0.39 is 0 Å². The number of likely N-dealkylation sites (tertiary alicyclic amines) is 1. The second-order valence-electron chi connectivity index (χ2n) is 6.95. The number of aryl methyl sites for hydroxylation is 2. The van der Waals surface area contributed by atoms with Crippen LogP contribution >= 0.6 is 11.6 Å². The highest BCUT2D eigenvalue weighted by molar-refractivity contribution is 6.33. The molecule has 25 heavy (non-hydrogen) atoms. The lowest BCUT2D eigenvalue weighted by Gasteiger charge is -2.29. The normalized spacial score (nSPS) is 16.2. The van der Waals surface area contributed by atoms with Gasteiger partial charge in [-0.2, -0.15) is 5.10 Å². The molecule has 2 aromatic rings. The number of halogens is 1. The van der Waals surface area contributed by atoms with Gasteiger partial charge in [0.05, 0.1) is 17.8 Å². The van der Waals surface area contributed by atoms with Crippen molar-refractivity contribution in [3.8, 4) is 0 Å². The lowest BCUT2D eigenvalue weighted by molar-refractivity contribution is 0.0916. The van der Waals surface area contributed by atoms with Crippen LogP contribution in [-0.4, -0.2) is 46.8 Å². The Balaban J connectivity index is 1.72. The minimum absolute atomic E-state index is 0.118. The minimum atomic E-state index is -0.118. The first kappa shape index (κ1) is 18.0. The van der Waals surface area contributed by atoms with Crippen molar-refractivity contribution in [2.24, 2.45) is 0 Å². The van der Waals surface area contributed by atoms with E-state index in [0.717, 1.165) is 31.5 Å². The molecule has 1 N–H and O–H groups in total. The Morgan fingerprint density at radius 1 is 1.24 bits per heavy atom. The predicted octanol–water partition coefficient (Wildman–Crippen LogP) is 3.03. The summed E-state index contributed by atoms with van der Waals surface area (Å²) in [5.41, 5.74) is 3.48. The number of rotatable bonds is 4. The van der Waals surface area contributed by atoms with Crippen LogP contribution in [0.4, 0.5) is 0 Å². The maximum Gasteiger partial charge on any atom is 0.256 e. The Labute approximate surface area is 154 Å². The average molecular weight is 361 g/mol. The summed E-state index contributed by atoms with van der Waals surface area (Å²) in [7, 11) is 2.11. The number of amides is 1. The molecule has 0 radical (unpaired) electrons. The van der Waals surface area contributed by atoms with Crippen LogP contribution in [0.3, 0.4) is 0 Å². The second kappa shape index (κ2) is 7.58. The zero-order valence-electron chi connectivity index (χ0n) is 15.1. The van der Waals surface area contributed by atoms with E-state index in [0.29, 0.717) is 23.0 Å². The molecular formula is C19H25ClN4O. The molecule has 2 heterocycles. The molecule has 1 fully saturated rings. The van der Waals surface area contributed by atoms with E-state index in [-0.39, 0.29) is 11.9 Å². The molecule has 0 saturated carbocycles. The number of carbonyl (C=O) groups excluding carboxylic acids is 1. The lowest BCUT2D eigenvalue weighted by Crippen LogP contribution is -2.43. The molecule has 1 aromatic carbocycles. The fraction of sp³-hybridized carbons (Fsp3) is 0.474. The Morgan fingerprint density at radius 3 is 2.52 bits per heavy atom. The maximum absolute atomic E-state index is 12.7. The fourth-order valence-corrected chi connectivity index (χ4v) is 3.51. The van der Waals surface area contributed by atoms with Gasteiger partial charge in [-0.05, 0) is 52.4 Å². The van der Waals surface area contributed by atoms with Crippen LogP contribution in [0.1, 0.15) is 40.0 Å². The van der Waals surface area contributed by atoms with Crippen LogP contribution < -0.4 is 5.32 Å². The van der Waals surface area contributed by atoms with Gasteiger partial charge in [-0.25, -0.2) is 4.68 Å². The van der Waals surface area contributed by atoms with Crippen LogP contribution in [0.25, 0.3) is 0 Å². The monoisotopic (exact) mass is 360 g/mol. The van der Waals surface area contributed by atoms with Crippen molar-refractivity contribution < 1.29 is 4.79 Å². The molecule has 6 heteroatoms. The Hall–Kier alpha value is -1.85. The van der Waals surface area contributed by atoms with Crippen molar-refractivity contribution in [3.63, 3.8) is 0 Å². The van der Waals surface area contributed by atoms with E-state index in [1.807, 2.05) is 6.92 Å². The molecule has 134 valence electrons. The molecule has 5 nitrogen and oxygen atoms in total. The molecular weight excluding hydrogens is 336 g/mol. The number of benzene rings is 1. The number of piperidine rings is 1. The molecule has 0 aliphatic carbocycles. The van der Waals surface area contributed by atoms with Crippen LogP contribution in [0.5, 0.6) is 0 Å². The van der Waals surface area contributed by atoms with Crippen LogP contribution in [0.15, 0.2) is 24.3 Å². The number of hydrogen-bond acceptors (Lipinski definition) is 3. The zero-order chi connectivity index (χ0) is 18.0. The average Bonchev–Trinajstić information content (AvgIpc) is 2.85. The molecule has 1 aromatic heterocycles. The highest BCUT2D eigenvalue weighted by atomic mass is 35.5. The lowest BCUT2D eigenvalue weighted by atomic mass is 10.1. The molecule has 0 unspecified atom stereocenters. The first-order valence-corrected chi connectivity index (χ1v) is 9.09. The van der Waals surface area contributed by atoms with Crippen molar-refractivity contribution in [2.45, 2.75) is 39.3 Å². The smallest absolute Gasteiger partial charge is 0.256 e. The summed E-state index contributed by atoms with van der Waals surface area (Å²) in [4.78, 5) is 15.0. The standard InChI is InChI=1S/C19H25ClN4O/c1-13-4-6-15(7-5-13)12-24-18(20)17(14(2)22-24)19(25)21-16-8-10-23(3)11-9-16/h4-7,16H,8-12H2,1-3H3,(H,21,25). The number of nitrogens with zero attached hydrogens (tertiary/aromatic N) is 3. The summed E-state index contributed by atoms with van der Waals surface area (Å²) < 4.78 is 1.70. The van der Waals surface area contributed by atoms with Gasteiger partial charge in [-0.1, -0.05) is 41.4 Å². The molecule has 0 atom stereocenters. The quantitative estimate of drug-likeness (QED) is 0.911. The van der Waals surface area contributed by atoms with Gasteiger partial charge in [-0.15, -0.1) is 0 Å². The summed E-state index contributed by atoms with van der Waals surface area (Å²) in [6, 6.07) is 8.45. The second-order valence-corrected chi connectivity index (χ2v) is 7.30. The predicted molar refractivity (Wildman–Crippen MR) is 100 cm³/mol. The molecule has 1 saturated heterocycles. The number of aromatic nitrogens is 2.